The van der Waals surface area contributed by atoms with Gasteiger partial charge in [0, 0.05) is 5.56 Å². The fourth-order valence-electron chi connectivity index (χ4n) is 1.40. The minimum Gasteiger partial charge on any atom is -0.321 e. The molecule has 2 N–H and O–H groups in total. The molecule has 1 aromatic rings. The van der Waals surface area contributed by atoms with Crippen LogP contribution in [0.25, 0.3) is 0 Å². The number of carbonyl (C=O) groups excluding carboxylic acids is 1. The Labute approximate surface area is 104 Å². The Bertz CT molecular complexity index is 504. The van der Waals surface area contributed by atoms with Crippen molar-refractivity contribution >= 4 is 5.78 Å². The number of nitriles is 1. The smallest absolute Gasteiger partial charge is 0.180 e. The van der Waals surface area contributed by atoms with Gasteiger partial charge in [-0.05, 0) is 17.5 Å². The van der Waals surface area contributed by atoms with Gasteiger partial charge in [0.05, 0.1) is 6.04 Å². The zero-order valence-electron chi connectivity index (χ0n) is 10.4. The zero-order valence-corrected chi connectivity index (χ0v) is 10.4. The molecule has 0 aliphatic heterocycles. The van der Waals surface area contributed by atoms with Gasteiger partial charge in [-0.1, -0.05) is 20.8 Å². The zero-order chi connectivity index (χ0) is 14.1. The van der Waals surface area contributed by atoms with Crippen molar-refractivity contribution in [2.24, 2.45) is 11.1 Å². The second kappa shape index (κ2) is 4.83. The number of halogens is 2. The Balaban J connectivity index is 3.21. The van der Waals surface area contributed by atoms with Gasteiger partial charge >= 0.3 is 0 Å². The molecule has 0 aliphatic rings. The molecule has 0 radical (unpaired) electrons. The Morgan fingerprint density at radius 2 is 1.78 bits per heavy atom. The number of hydrogen-bond donors (Lipinski definition) is 1. The van der Waals surface area contributed by atoms with Crippen molar-refractivity contribution in [1.29, 1.82) is 5.26 Å². The van der Waals surface area contributed by atoms with Crippen LogP contribution in [0.15, 0.2) is 12.1 Å². The summed E-state index contributed by atoms with van der Waals surface area (Å²) in [6.07, 6.45) is 0. The maximum Gasteiger partial charge on any atom is 0.180 e. The molecule has 1 aromatic carbocycles. The molecule has 0 saturated heterocycles. The van der Waals surface area contributed by atoms with Crippen LogP contribution >= 0.6 is 0 Å². The molecule has 0 heterocycles. The van der Waals surface area contributed by atoms with Crippen LogP contribution < -0.4 is 5.73 Å². The number of hydrogen-bond acceptors (Lipinski definition) is 3. The first-order chi connectivity index (χ1) is 8.18. The van der Waals surface area contributed by atoms with Gasteiger partial charge in [0.1, 0.15) is 23.3 Å². The van der Waals surface area contributed by atoms with E-state index in [0.717, 1.165) is 12.1 Å². The van der Waals surface area contributed by atoms with Gasteiger partial charge in [-0.15, -0.1) is 0 Å². The summed E-state index contributed by atoms with van der Waals surface area (Å²) in [5, 5.41) is 8.53. The molecule has 18 heavy (non-hydrogen) atoms. The van der Waals surface area contributed by atoms with Gasteiger partial charge in [-0.25, -0.2) is 8.78 Å². The number of rotatable bonds is 2. The monoisotopic (exact) mass is 252 g/mol. The highest BCUT2D eigenvalue weighted by Gasteiger charge is 2.29. The molecule has 0 aromatic heterocycles. The highest BCUT2D eigenvalue weighted by molar-refractivity contribution is 6.00. The molecule has 0 saturated carbocycles. The van der Waals surface area contributed by atoms with Crippen LogP contribution in [0.5, 0.6) is 0 Å². The van der Waals surface area contributed by atoms with E-state index in [-0.39, 0.29) is 5.56 Å². The largest absolute Gasteiger partial charge is 0.321 e. The van der Waals surface area contributed by atoms with E-state index in [1.165, 1.54) is 6.07 Å². The highest BCUT2D eigenvalue weighted by Crippen LogP contribution is 2.22. The standard InChI is InChI=1S/C13H14F2N2O/c1-13(2,3)12(17)11(18)7-4-9(14)8(6-16)10(15)5-7/h4-5,12H,17H2,1-3H3. The molecule has 0 amide bonds. The molecular weight excluding hydrogens is 238 g/mol. The summed E-state index contributed by atoms with van der Waals surface area (Å²) in [4.78, 5) is 12.0. The molecule has 0 spiro atoms. The minimum absolute atomic E-state index is 0.161. The molecule has 5 heteroatoms. The first kappa shape index (κ1) is 14.3. The molecular formula is C13H14F2N2O. The Morgan fingerprint density at radius 3 is 2.11 bits per heavy atom. The third-order valence-electron chi connectivity index (χ3n) is 2.65. The predicted octanol–water partition coefficient (Wildman–Crippen LogP) is 2.39. The Morgan fingerprint density at radius 1 is 1.33 bits per heavy atom. The van der Waals surface area contributed by atoms with Crippen molar-refractivity contribution in [3.8, 4) is 6.07 Å². The maximum atomic E-state index is 13.4. The SMILES string of the molecule is CC(C)(C)C(N)C(=O)c1cc(F)c(C#N)c(F)c1. The lowest BCUT2D eigenvalue weighted by atomic mass is 9.83. The molecule has 1 atom stereocenters. The summed E-state index contributed by atoms with van der Waals surface area (Å²) in [6, 6.07) is 2.21. The second-order valence-electron chi connectivity index (χ2n) is 5.13. The first-order valence-electron chi connectivity index (χ1n) is 5.37. The lowest BCUT2D eigenvalue weighted by molar-refractivity contribution is 0.0900. The van der Waals surface area contributed by atoms with Crippen LogP contribution in [0.2, 0.25) is 0 Å². The van der Waals surface area contributed by atoms with E-state index in [2.05, 4.69) is 0 Å². The van der Waals surface area contributed by atoms with Crippen LogP contribution in [0.1, 0.15) is 36.7 Å². The average Bonchev–Trinajstić information content (AvgIpc) is 2.25. The minimum atomic E-state index is -1.05. The summed E-state index contributed by atoms with van der Waals surface area (Å²) < 4.78 is 26.8. The van der Waals surface area contributed by atoms with E-state index in [4.69, 9.17) is 11.0 Å². The normalized spacial score (nSPS) is 12.9. The van der Waals surface area contributed by atoms with E-state index in [1.807, 2.05) is 0 Å². The Hall–Kier alpha value is -1.80. The van der Waals surface area contributed by atoms with Crippen molar-refractivity contribution in [2.45, 2.75) is 26.8 Å². The van der Waals surface area contributed by atoms with E-state index in [9.17, 15) is 13.6 Å². The highest BCUT2D eigenvalue weighted by atomic mass is 19.1. The van der Waals surface area contributed by atoms with Crippen molar-refractivity contribution < 1.29 is 13.6 Å². The topological polar surface area (TPSA) is 66.9 Å². The summed E-state index contributed by atoms with van der Waals surface area (Å²) in [5.41, 5.74) is 4.36. The number of carbonyl (C=O) groups is 1. The number of ketones is 1. The quantitative estimate of drug-likeness (QED) is 0.822. The molecule has 0 bridgehead atoms. The second-order valence-corrected chi connectivity index (χ2v) is 5.13. The number of nitrogens with zero attached hydrogens (tertiary/aromatic N) is 1. The number of nitrogens with two attached hydrogens (primary N) is 1. The van der Waals surface area contributed by atoms with Crippen LogP contribution in [0.3, 0.4) is 0 Å². The molecule has 96 valence electrons. The van der Waals surface area contributed by atoms with E-state index < -0.39 is 34.4 Å². The van der Waals surface area contributed by atoms with E-state index >= 15 is 0 Å². The predicted molar refractivity (Wildman–Crippen MR) is 62.8 cm³/mol. The van der Waals surface area contributed by atoms with E-state index in [0.29, 0.717) is 0 Å². The van der Waals surface area contributed by atoms with Crippen LogP contribution in [-0.2, 0) is 0 Å². The lowest BCUT2D eigenvalue weighted by Gasteiger charge is -2.25. The number of benzene rings is 1. The van der Waals surface area contributed by atoms with Gasteiger partial charge in [0.25, 0.3) is 0 Å². The van der Waals surface area contributed by atoms with Crippen LogP contribution in [-0.4, -0.2) is 11.8 Å². The summed E-state index contributed by atoms with van der Waals surface area (Å²) >= 11 is 0. The molecule has 1 unspecified atom stereocenters. The number of Topliss-reactive ketones (excluding diaryl/α,β-unsaturated/α-hetero) is 1. The molecule has 1 rings (SSSR count). The van der Waals surface area contributed by atoms with Gasteiger partial charge in [0.2, 0.25) is 0 Å². The van der Waals surface area contributed by atoms with Gasteiger partial charge in [-0.3, -0.25) is 4.79 Å². The molecule has 3 nitrogen and oxygen atoms in total. The van der Waals surface area contributed by atoms with Crippen LogP contribution in [0.4, 0.5) is 8.78 Å². The van der Waals surface area contributed by atoms with E-state index in [1.54, 1.807) is 20.8 Å². The fraction of sp³-hybridized carbons (Fsp3) is 0.385. The third kappa shape index (κ3) is 2.71. The fourth-order valence-corrected chi connectivity index (χ4v) is 1.40. The summed E-state index contributed by atoms with van der Waals surface area (Å²) in [7, 11) is 0. The summed E-state index contributed by atoms with van der Waals surface area (Å²) in [5.74, 6) is -2.66. The van der Waals surface area contributed by atoms with Gasteiger partial charge in [0.15, 0.2) is 5.78 Å². The van der Waals surface area contributed by atoms with Crippen molar-refractivity contribution in [3.05, 3.63) is 34.9 Å². The van der Waals surface area contributed by atoms with Crippen LogP contribution in [0, 0.1) is 28.4 Å². The lowest BCUT2D eigenvalue weighted by Crippen LogP contribution is -2.42. The maximum absolute atomic E-state index is 13.4. The van der Waals surface area contributed by atoms with Gasteiger partial charge in [-0.2, -0.15) is 5.26 Å². The average molecular weight is 252 g/mol. The van der Waals surface area contributed by atoms with Crippen molar-refractivity contribution in [2.75, 3.05) is 0 Å². The summed E-state index contributed by atoms with van der Waals surface area (Å²) in [6.45, 7) is 5.27. The molecule has 0 fully saturated rings. The molecule has 0 aliphatic carbocycles. The van der Waals surface area contributed by atoms with Gasteiger partial charge < -0.3 is 5.73 Å². The third-order valence-corrected chi connectivity index (χ3v) is 2.65. The Kier molecular flexibility index (Phi) is 3.82. The van der Waals surface area contributed by atoms with Crippen molar-refractivity contribution in [3.63, 3.8) is 0 Å². The first-order valence-corrected chi connectivity index (χ1v) is 5.37. The van der Waals surface area contributed by atoms with Crippen molar-refractivity contribution in [1.82, 2.24) is 0 Å².